The predicted molar refractivity (Wildman–Crippen MR) is 78.2 cm³/mol. The summed E-state index contributed by atoms with van der Waals surface area (Å²) < 4.78 is 0. The van der Waals surface area contributed by atoms with Crippen molar-refractivity contribution in [1.82, 2.24) is 4.90 Å². The Morgan fingerprint density at radius 1 is 1.47 bits per heavy atom. The fourth-order valence-electron chi connectivity index (χ4n) is 2.53. The van der Waals surface area contributed by atoms with Crippen molar-refractivity contribution in [3.8, 4) is 0 Å². The van der Waals surface area contributed by atoms with Crippen molar-refractivity contribution in [2.24, 2.45) is 11.8 Å². The number of anilines is 1. The minimum absolute atomic E-state index is 0.00463. The average Bonchev–Trinajstić information content (AvgIpc) is 2.46. The van der Waals surface area contributed by atoms with E-state index in [1.807, 2.05) is 4.90 Å². The highest BCUT2D eigenvalue weighted by molar-refractivity contribution is 6.31. The number of nitrogens with two attached hydrogens (primary N) is 1. The molecule has 104 valence electrons. The first-order valence-corrected chi connectivity index (χ1v) is 7.09. The summed E-state index contributed by atoms with van der Waals surface area (Å²) in [5.74, 6) is 6.20. The molecule has 4 nitrogen and oxygen atoms in total. The molecule has 1 aliphatic heterocycles. The first-order chi connectivity index (χ1) is 9.15. The van der Waals surface area contributed by atoms with Gasteiger partial charge >= 0.3 is 0 Å². The zero-order valence-corrected chi connectivity index (χ0v) is 11.9. The Morgan fingerprint density at radius 3 is 2.74 bits per heavy atom. The monoisotopic (exact) mass is 281 g/mol. The molecule has 1 aromatic rings. The summed E-state index contributed by atoms with van der Waals surface area (Å²) in [6.07, 6.45) is 3.34. The lowest BCUT2D eigenvalue weighted by atomic mass is 9.94. The lowest BCUT2D eigenvalue weighted by Crippen LogP contribution is -2.38. The van der Waals surface area contributed by atoms with E-state index in [1.54, 1.807) is 18.2 Å². The number of rotatable bonds is 3. The van der Waals surface area contributed by atoms with Crippen LogP contribution in [0.5, 0.6) is 0 Å². The van der Waals surface area contributed by atoms with E-state index in [2.05, 4.69) is 12.3 Å². The summed E-state index contributed by atoms with van der Waals surface area (Å²) in [6.45, 7) is 3.83. The van der Waals surface area contributed by atoms with Gasteiger partial charge < -0.3 is 10.3 Å². The minimum atomic E-state index is 0.00463. The standard InChI is InChI=1S/C14H20ClN3O/c1-2-10-5-7-18(8-6-10)14(19)12-9-11(15)3-4-13(12)17-16/h3-4,9-10,17H,2,5-8,16H2,1H3. The molecule has 0 aromatic heterocycles. The van der Waals surface area contributed by atoms with Gasteiger partial charge in [0.25, 0.3) is 5.91 Å². The van der Waals surface area contributed by atoms with Crippen molar-refractivity contribution >= 4 is 23.2 Å². The number of hydrogen-bond donors (Lipinski definition) is 2. The lowest BCUT2D eigenvalue weighted by Gasteiger charge is -2.32. The normalized spacial score (nSPS) is 16.5. The zero-order chi connectivity index (χ0) is 13.8. The summed E-state index contributed by atoms with van der Waals surface area (Å²) in [5.41, 5.74) is 3.72. The van der Waals surface area contributed by atoms with E-state index in [9.17, 15) is 4.79 Å². The summed E-state index contributed by atoms with van der Waals surface area (Å²) in [7, 11) is 0. The van der Waals surface area contributed by atoms with Crippen molar-refractivity contribution in [1.29, 1.82) is 0 Å². The van der Waals surface area contributed by atoms with Gasteiger partial charge in [-0.2, -0.15) is 0 Å². The molecule has 0 bridgehead atoms. The molecule has 0 aliphatic carbocycles. The maximum atomic E-state index is 12.5. The number of nitrogens with one attached hydrogen (secondary N) is 1. The number of nitrogen functional groups attached to an aromatic ring is 1. The van der Waals surface area contributed by atoms with Gasteiger partial charge in [-0.25, -0.2) is 0 Å². The number of carbonyl (C=O) groups is 1. The van der Waals surface area contributed by atoms with E-state index in [1.165, 1.54) is 6.42 Å². The highest BCUT2D eigenvalue weighted by atomic mass is 35.5. The summed E-state index contributed by atoms with van der Waals surface area (Å²) in [5, 5.41) is 0.547. The van der Waals surface area contributed by atoms with Gasteiger partial charge in [-0.1, -0.05) is 24.9 Å². The summed E-state index contributed by atoms with van der Waals surface area (Å²) >= 11 is 5.96. The third kappa shape index (κ3) is 3.19. The van der Waals surface area contributed by atoms with Crippen molar-refractivity contribution < 1.29 is 4.79 Å². The molecule has 0 unspecified atom stereocenters. The molecule has 3 N–H and O–H groups in total. The Labute approximate surface area is 118 Å². The van der Waals surface area contributed by atoms with Crippen molar-refractivity contribution in [3.05, 3.63) is 28.8 Å². The van der Waals surface area contributed by atoms with E-state index in [4.69, 9.17) is 17.4 Å². The van der Waals surface area contributed by atoms with E-state index in [0.717, 1.165) is 31.8 Å². The fraction of sp³-hybridized carbons (Fsp3) is 0.500. The second-order valence-corrected chi connectivity index (χ2v) is 5.41. The number of nitrogens with zero attached hydrogens (tertiary/aromatic N) is 1. The van der Waals surface area contributed by atoms with Gasteiger partial charge in [-0.3, -0.25) is 10.6 Å². The maximum Gasteiger partial charge on any atom is 0.256 e. The Bertz CT molecular complexity index is 456. The molecule has 1 heterocycles. The molecule has 0 atom stereocenters. The first-order valence-electron chi connectivity index (χ1n) is 6.71. The van der Waals surface area contributed by atoms with Crippen molar-refractivity contribution in [3.63, 3.8) is 0 Å². The van der Waals surface area contributed by atoms with Crippen molar-refractivity contribution in [2.45, 2.75) is 26.2 Å². The predicted octanol–water partition coefficient (Wildman–Crippen LogP) is 2.89. The van der Waals surface area contributed by atoms with Crippen LogP contribution in [-0.4, -0.2) is 23.9 Å². The third-order valence-electron chi connectivity index (χ3n) is 3.85. The van der Waals surface area contributed by atoms with Gasteiger partial charge in [-0.05, 0) is 37.0 Å². The fourth-order valence-corrected chi connectivity index (χ4v) is 2.71. The van der Waals surface area contributed by atoms with Crippen molar-refractivity contribution in [2.75, 3.05) is 18.5 Å². The number of amides is 1. The lowest BCUT2D eigenvalue weighted by molar-refractivity contribution is 0.0690. The van der Waals surface area contributed by atoms with Crippen LogP contribution in [0.4, 0.5) is 5.69 Å². The van der Waals surface area contributed by atoms with Gasteiger partial charge in [0.1, 0.15) is 0 Å². The van der Waals surface area contributed by atoms with Gasteiger partial charge in [0.05, 0.1) is 11.3 Å². The minimum Gasteiger partial charge on any atom is -0.339 e. The maximum absolute atomic E-state index is 12.5. The Hall–Kier alpha value is -1.26. The van der Waals surface area contributed by atoms with Gasteiger partial charge in [0.2, 0.25) is 0 Å². The third-order valence-corrected chi connectivity index (χ3v) is 4.08. The molecule has 1 fully saturated rings. The molecule has 1 amide bonds. The largest absolute Gasteiger partial charge is 0.339 e. The highest BCUT2D eigenvalue weighted by Crippen LogP contribution is 2.25. The first kappa shape index (κ1) is 14.2. The molecule has 2 rings (SSSR count). The Balaban J connectivity index is 2.14. The van der Waals surface area contributed by atoms with Gasteiger partial charge in [0.15, 0.2) is 0 Å². The SMILES string of the molecule is CCC1CCN(C(=O)c2cc(Cl)ccc2NN)CC1. The van der Waals surface area contributed by atoms with Crippen LogP contribution in [0, 0.1) is 5.92 Å². The molecule has 1 aromatic carbocycles. The van der Waals surface area contributed by atoms with Crippen LogP contribution in [0.15, 0.2) is 18.2 Å². The van der Waals surface area contributed by atoms with E-state index in [0.29, 0.717) is 16.3 Å². The number of halogens is 1. The molecular weight excluding hydrogens is 262 g/mol. The van der Waals surface area contributed by atoms with Crippen LogP contribution in [0.25, 0.3) is 0 Å². The van der Waals surface area contributed by atoms with E-state index >= 15 is 0 Å². The second kappa shape index (κ2) is 6.26. The number of carbonyl (C=O) groups excluding carboxylic acids is 1. The number of hydrazine groups is 1. The molecule has 0 spiro atoms. The molecule has 0 saturated carbocycles. The van der Waals surface area contributed by atoms with Gasteiger partial charge in [-0.15, -0.1) is 0 Å². The Morgan fingerprint density at radius 2 is 2.16 bits per heavy atom. The van der Waals surface area contributed by atoms with Crippen LogP contribution in [0.1, 0.15) is 36.5 Å². The number of piperidine rings is 1. The number of benzene rings is 1. The van der Waals surface area contributed by atoms with E-state index in [-0.39, 0.29) is 5.91 Å². The molecule has 5 heteroatoms. The quantitative estimate of drug-likeness (QED) is 0.662. The topological polar surface area (TPSA) is 58.4 Å². The van der Waals surface area contributed by atoms with E-state index < -0.39 is 0 Å². The zero-order valence-electron chi connectivity index (χ0n) is 11.2. The molecule has 1 aliphatic rings. The van der Waals surface area contributed by atoms with Crippen LogP contribution >= 0.6 is 11.6 Å². The van der Waals surface area contributed by atoms with Crippen LogP contribution < -0.4 is 11.3 Å². The molecule has 0 radical (unpaired) electrons. The van der Waals surface area contributed by atoms with Crippen LogP contribution in [-0.2, 0) is 0 Å². The van der Waals surface area contributed by atoms with Crippen LogP contribution in [0.3, 0.4) is 0 Å². The van der Waals surface area contributed by atoms with Gasteiger partial charge in [0, 0.05) is 18.1 Å². The molecule has 19 heavy (non-hydrogen) atoms. The molecular formula is C14H20ClN3O. The highest BCUT2D eigenvalue weighted by Gasteiger charge is 2.24. The summed E-state index contributed by atoms with van der Waals surface area (Å²) in [4.78, 5) is 14.4. The van der Waals surface area contributed by atoms with Crippen LogP contribution in [0.2, 0.25) is 5.02 Å². The number of likely N-dealkylation sites (tertiary alicyclic amines) is 1. The summed E-state index contributed by atoms with van der Waals surface area (Å²) in [6, 6.07) is 5.12. The second-order valence-electron chi connectivity index (χ2n) is 4.98. The Kier molecular flexibility index (Phi) is 4.66. The smallest absolute Gasteiger partial charge is 0.256 e. The molecule has 1 saturated heterocycles. The average molecular weight is 282 g/mol. The number of hydrogen-bond acceptors (Lipinski definition) is 3.